The topological polar surface area (TPSA) is 44.7 Å². The van der Waals surface area contributed by atoms with Gasteiger partial charge in [-0.05, 0) is 35.2 Å². The second kappa shape index (κ2) is 9.53. The minimum Gasteiger partial charge on any atom is -0.378 e. The number of halogens is 1. The molecule has 0 unspecified atom stereocenters. The van der Waals surface area contributed by atoms with Crippen LogP contribution in [0.4, 0.5) is 11.8 Å². The lowest BCUT2D eigenvalue weighted by atomic mass is 10.00. The highest BCUT2D eigenvalue weighted by Gasteiger charge is 2.28. The van der Waals surface area contributed by atoms with E-state index in [0.29, 0.717) is 0 Å². The van der Waals surface area contributed by atoms with Gasteiger partial charge in [0.05, 0.1) is 18.9 Å². The predicted molar refractivity (Wildman–Crippen MR) is 136 cm³/mol. The molecule has 1 aromatic heterocycles. The molecule has 1 fully saturated rings. The zero-order valence-electron chi connectivity index (χ0n) is 19.4. The van der Waals surface area contributed by atoms with Gasteiger partial charge in [-0.25, -0.2) is 4.98 Å². The van der Waals surface area contributed by atoms with Gasteiger partial charge in [0.25, 0.3) is 0 Å². The molecule has 2 aromatic carbocycles. The second-order valence-electron chi connectivity index (χ2n) is 9.40. The molecule has 0 aliphatic carbocycles. The third-order valence-electron chi connectivity index (χ3n) is 7.13. The Morgan fingerprint density at radius 3 is 2.53 bits per heavy atom. The normalized spacial score (nSPS) is 18.5. The summed E-state index contributed by atoms with van der Waals surface area (Å²) in [7, 11) is 0. The van der Waals surface area contributed by atoms with Gasteiger partial charge in [0.2, 0.25) is 5.95 Å². The first-order valence-electron chi connectivity index (χ1n) is 12.2. The molecule has 7 heteroatoms. The van der Waals surface area contributed by atoms with Crippen molar-refractivity contribution in [3.63, 3.8) is 0 Å². The summed E-state index contributed by atoms with van der Waals surface area (Å²) in [6.45, 7) is 7.80. The smallest absolute Gasteiger partial charge is 0.227 e. The van der Waals surface area contributed by atoms with E-state index < -0.39 is 0 Å². The highest BCUT2D eigenvalue weighted by Crippen LogP contribution is 2.32. The first-order chi connectivity index (χ1) is 16.7. The second-order valence-corrected chi connectivity index (χ2v) is 9.84. The third kappa shape index (κ3) is 4.50. The molecular weight excluding hydrogens is 446 g/mol. The van der Waals surface area contributed by atoms with Crippen molar-refractivity contribution in [2.75, 3.05) is 49.2 Å². The van der Waals surface area contributed by atoms with Crippen molar-refractivity contribution in [1.29, 1.82) is 0 Å². The number of aromatic nitrogens is 2. The average molecular weight is 476 g/mol. The van der Waals surface area contributed by atoms with Gasteiger partial charge in [-0.3, -0.25) is 4.90 Å². The Kier molecular flexibility index (Phi) is 6.12. The van der Waals surface area contributed by atoms with Gasteiger partial charge in [-0.1, -0.05) is 48.0 Å². The fraction of sp³-hybridized carbons (Fsp3) is 0.407. The van der Waals surface area contributed by atoms with Crippen molar-refractivity contribution in [3.8, 4) is 0 Å². The molecule has 34 heavy (non-hydrogen) atoms. The van der Waals surface area contributed by atoms with Gasteiger partial charge in [-0.15, -0.1) is 0 Å². The van der Waals surface area contributed by atoms with E-state index in [-0.39, 0.29) is 0 Å². The Hall–Kier alpha value is -2.67. The van der Waals surface area contributed by atoms with Crippen molar-refractivity contribution in [3.05, 3.63) is 81.5 Å². The first kappa shape index (κ1) is 21.8. The number of hydrogen-bond acceptors (Lipinski definition) is 6. The first-order valence-corrected chi connectivity index (χ1v) is 12.6. The monoisotopic (exact) mass is 475 g/mol. The Balaban J connectivity index is 1.31. The van der Waals surface area contributed by atoms with E-state index in [1.54, 1.807) is 0 Å². The van der Waals surface area contributed by atoms with Crippen molar-refractivity contribution in [2.24, 2.45) is 0 Å². The van der Waals surface area contributed by atoms with E-state index in [1.165, 1.54) is 27.9 Å². The molecule has 3 aliphatic rings. The van der Waals surface area contributed by atoms with E-state index in [1.807, 2.05) is 12.1 Å². The summed E-state index contributed by atoms with van der Waals surface area (Å²) >= 11 is 6.23. The predicted octanol–water partition coefficient (Wildman–Crippen LogP) is 4.09. The lowest BCUT2D eigenvalue weighted by Crippen LogP contribution is -2.40. The van der Waals surface area contributed by atoms with Crippen LogP contribution in [0.5, 0.6) is 0 Å². The summed E-state index contributed by atoms with van der Waals surface area (Å²) in [4.78, 5) is 17.6. The van der Waals surface area contributed by atoms with Gasteiger partial charge in [0.1, 0.15) is 5.82 Å². The van der Waals surface area contributed by atoms with Gasteiger partial charge in [0.15, 0.2) is 0 Å². The summed E-state index contributed by atoms with van der Waals surface area (Å²) in [5, 5.41) is 0.792. The molecule has 0 radical (unpaired) electrons. The lowest BCUT2D eigenvalue weighted by molar-refractivity contribution is 0.122. The molecule has 0 bridgehead atoms. The Labute approximate surface area is 206 Å². The standard InChI is InChI=1S/C27H30ClN5O/c28-23-7-3-4-20(16-23)17-31-10-9-25-24(19-31)26(32-12-14-34-15-13-32)30-27(29-25)33-11-8-21-5-1-2-6-22(21)18-33/h1-7,16H,8-15,17-19H2. The van der Waals surface area contributed by atoms with Crippen LogP contribution in [0.2, 0.25) is 5.02 Å². The number of anilines is 2. The molecule has 1 saturated heterocycles. The largest absolute Gasteiger partial charge is 0.378 e. The van der Waals surface area contributed by atoms with Crippen LogP contribution in [0.25, 0.3) is 0 Å². The minimum atomic E-state index is 0.747. The molecule has 4 heterocycles. The lowest BCUT2D eigenvalue weighted by Gasteiger charge is -2.36. The molecule has 3 aliphatic heterocycles. The van der Waals surface area contributed by atoms with Crippen molar-refractivity contribution in [1.82, 2.24) is 14.9 Å². The Morgan fingerprint density at radius 1 is 0.824 bits per heavy atom. The summed E-state index contributed by atoms with van der Waals surface area (Å²) < 4.78 is 5.64. The zero-order chi connectivity index (χ0) is 22.9. The quantitative estimate of drug-likeness (QED) is 0.566. The number of benzene rings is 2. The van der Waals surface area contributed by atoms with Gasteiger partial charge in [-0.2, -0.15) is 4.98 Å². The minimum absolute atomic E-state index is 0.747. The number of fused-ring (bicyclic) bond motifs is 2. The molecule has 0 amide bonds. The third-order valence-corrected chi connectivity index (χ3v) is 7.36. The van der Waals surface area contributed by atoms with Crippen molar-refractivity contribution in [2.45, 2.75) is 32.5 Å². The molecule has 0 saturated carbocycles. The summed E-state index contributed by atoms with van der Waals surface area (Å²) in [5.74, 6) is 1.97. The number of nitrogens with zero attached hydrogens (tertiary/aromatic N) is 5. The van der Waals surface area contributed by atoms with Crippen LogP contribution in [-0.4, -0.2) is 54.3 Å². The maximum atomic E-state index is 6.23. The molecule has 0 spiro atoms. The zero-order valence-corrected chi connectivity index (χ0v) is 20.2. The van der Waals surface area contributed by atoms with Crippen LogP contribution in [-0.2, 0) is 37.2 Å². The fourth-order valence-corrected chi connectivity index (χ4v) is 5.53. The molecule has 6 rings (SSSR count). The van der Waals surface area contributed by atoms with Crippen LogP contribution < -0.4 is 9.80 Å². The average Bonchev–Trinajstić information content (AvgIpc) is 2.88. The Bertz CT molecular complexity index is 1180. The number of morpholine rings is 1. The van der Waals surface area contributed by atoms with Crippen molar-refractivity contribution >= 4 is 23.4 Å². The number of hydrogen-bond donors (Lipinski definition) is 0. The summed E-state index contributed by atoms with van der Waals surface area (Å²) in [6, 6.07) is 16.9. The molecule has 0 atom stereocenters. The van der Waals surface area contributed by atoms with E-state index >= 15 is 0 Å². The molecule has 0 N–H and O–H groups in total. The Morgan fingerprint density at radius 2 is 1.68 bits per heavy atom. The summed E-state index contributed by atoms with van der Waals surface area (Å²) in [6.07, 6.45) is 1.98. The highest BCUT2D eigenvalue weighted by atomic mass is 35.5. The molecule has 176 valence electrons. The van der Waals surface area contributed by atoms with Gasteiger partial charge >= 0.3 is 0 Å². The number of ether oxygens (including phenoxy) is 1. The van der Waals surface area contributed by atoms with E-state index in [4.69, 9.17) is 26.3 Å². The maximum absolute atomic E-state index is 6.23. The molecular formula is C27H30ClN5O. The number of rotatable bonds is 4. The van der Waals surface area contributed by atoms with Crippen LogP contribution in [0.15, 0.2) is 48.5 Å². The van der Waals surface area contributed by atoms with E-state index in [2.05, 4.69) is 51.1 Å². The van der Waals surface area contributed by atoms with Gasteiger partial charge in [0, 0.05) is 62.8 Å². The van der Waals surface area contributed by atoms with Crippen molar-refractivity contribution < 1.29 is 4.74 Å². The van der Waals surface area contributed by atoms with Crippen LogP contribution in [0.1, 0.15) is 27.9 Å². The highest BCUT2D eigenvalue weighted by molar-refractivity contribution is 6.30. The van der Waals surface area contributed by atoms with Crippen LogP contribution in [0, 0.1) is 0 Å². The fourth-order valence-electron chi connectivity index (χ4n) is 5.31. The summed E-state index contributed by atoms with van der Waals surface area (Å²) in [5.41, 5.74) is 6.55. The van der Waals surface area contributed by atoms with E-state index in [9.17, 15) is 0 Å². The molecule has 3 aromatic rings. The maximum Gasteiger partial charge on any atom is 0.227 e. The van der Waals surface area contributed by atoms with Crippen LogP contribution in [0.3, 0.4) is 0 Å². The SMILES string of the molecule is Clc1cccc(CN2CCc3nc(N4CCc5ccccc5C4)nc(N4CCOCC4)c3C2)c1. The van der Waals surface area contributed by atoms with Crippen LogP contribution >= 0.6 is 11.6 Å². The molecule has 6 nitrogen and oxygen atoms in total. The van der Waals surface area contributed by atoms with Gasteiger partial charge < -0.3 is 14.5 Å². The van der Waals surface area contributed by atoms with E-state index in [0.717, 1.165) is 88.7 Å².